The van der Waals surface area contributed by atoms with Gasteiger partial charge in [0, 0.05) is 23.0 Å². The molecule has 3 nitrogen and oxygen atoms in total. The second-order valence-electron chi connectivity index (χ2n) is 3.43. The molecular formula is C12H12ClN3. The van der Waals surface area contributed by atoms with Crippen LogP contribution < -0.4 is 5.73 Å². The highest BCUT2D eigenvalue weighted by atomic mass is 35.5. The van der Waals surface area contributed by atoms with Crippen LogP contribution in [0.4, 0.5) is 5.69 Å². The molecule has 1 aromatic heterocycles. The Balaban J connectivity index is 2.21. The van der Waals surface area contributed by atoms with E-state index in [1.807, 2.05) is 47.4 Å². The molecule has 0 aliphatic rings. The molecule has 2 aromatic rings. The lowest BCUT2D eigenvalue weighted by atomic mass is 10.1. The number of anilines is 1. The standard InChI is InChI=1S/C12H12ClN3/c13-6-1-7-16-9-11(8-15-16)10-2-4-12(14)5-3-10/h1-6,8-9H,7,14H2/b6-1+. The molecule has 0 unspecified atom stereocenters. The number of nitrogens with zero attached hydrogens (tertiary/aromatic N) is 2. The highest BCUT2D eigenvalue weighted by Crippen LogP contribution is 2.19. The summed E-state index contributed by atoms with van der Waals surface area (Å²) in [5.41, 5.74) is 10.1. The fraction of sp³-hybridized carbons (Fsp3) is 0.0833. The van der Waals surface area contributed by atoms with Crippen molar-refractivity contribution >= 4 is 17.3 Å². The molecule has 0 atom stereocenters. The fourth-order valence-electron chi connectivity index (χ4n) is 1.44. The molecule has 2 rings (SSSR count). The molecule has 0 bridgehead atoms. The summed E-state index contributed by atoms with van der Waals surface area (Å²) in [6.45, 7) is 0.679. The van der Waals surface area contributed by atoms with Crippen molar-refractivity contribution in [3.8, 4) is 11.1 Å². The van der Waals surface area contributed by atoms with Gasteiger partial charge in [0.2, 0.25) is 0 Å². The highest BCUT2D eigenvalue weighted by Gasteiger charge is 2.00. The number of benzene rings is 1. The maximum atomic E-state index is 5.63. The smallest absolute Gasteiger partial charge is 0.0601 e. The van der Waals surface area contributed by atoms with Crippen molar-refractivity contribution < 1.29 is 0 Å². The minimum atomic E-state index is 0.679. The maximum absolute atomic E-state index is 5.63. The summed E-state index contributed by atoms with van der Waals surface area (Å²) in [7, 11) is 0. The van der Waals surface area contributed by atoms with Crippen molar-refractivity contribution in [1.82, 2.24) is 9.78 Å². The summed E-state index contributed by atoms with van der Waals surface area (Å²) in [4.78, 5) is 0. The average Bonchev–Trinajstić information content (AvgIpc) is 2.76. The van der Waals surface area contributed by atoms with Crippen molar-refractivity contribution in [2.45, 2.75) is 6.54 Å². The zero-order valence-corrected chi connectivity index (χ0v) is 9.43. The molecule has 1 aromatic carbocycles. The Hall–Kier alpha value is -1.74. The summed E-state index contributed by atoms with van der Waals surface area (Å²) in [5.74, 6) is 0. The van der Waals surface area contributed by atoms with E-state index < -0.39 is 0 Å². The number of allylic oxidation sites excluding steroid dienone is 1. The first-order valence-electron chi connectivity index (χ1n) is 4.93. The molecule has 16 heavy (non-hydrogen) atoms. The molecule has 0 saturated carbocycles. The van der Waals surface area contributed by atoms with E-state index in [2.05, 4.69) is 5.10 Å². The Bertz CT molecular complexity index is 485. The van der Waals surface area contributed by atoms with Gasteiger partial charge in [0.05, 0.1) is 12.7 Å². The van der Waals surface area contributed by atoms with Gasteiger partial charge in [-0.25, -0.2) is 0 Å². The van der Waals surface area contributed by atoms with Crippen LogP contribution in [-0.2, 0) is 6.54 Å². The monoisotopic (exact) mass is 233 g/mol. The third-order valence-electron chi connectivity index (χ3n) is 2.26. The predicted molar refractivity (Wildman–Crippen MR) is 67.1 cm³/mol. The maximum Gasteiger partial charge on any atom is 0.0601 e. The van der Waals surface area contributed by atoms with Crippen LogP contribution in [0.1, 0.15) is 0 Å². The lowest BCUT2D eigenvalue weighted by molar-refractivity contribution is 0.702. The number of rotatable bonds is 3. The first-order chi connectivity index (χ1) is 7.79. The SMILES string of the molecule is Nc1ccc(-c2cnn(C/C=C/Cl)c2)cc1. The summed E-state index contributed by atoms with van der Waals surface area (Å²) in [6, 6.07) is 7.72. The fourth-order valence-corrected chi connectivity index (χ4v) is 1.52. The number of nitrogens with two attached hydrogens (primary N) is 1. The van der Waals surface area contributed by atoms with E-state index in [1.165, 1.54) is 5.54 Å². The van der Waals surface area contributed by atoms with Gasteiger partial charge < -0.3 is 5.73 Å². The molecule has 82 valence electrons. The summed E-state index contributed by atoms with van der Waals surface area (Å²) < 4.78 is 1.82. The molecule has 0 spiro atoms. The Morgan fingerprint density at radius 3 is 2.69 bits per heavy atom. The first-order valence-corrected chi connectivity index (χ1v) is 5.37. The van der Waals surface area contributed by atoms with Crippen LogP contribution in [0.3, 0.4) is 0 Å². The summed E-state index contributed by atoms with van der Waals surface area (Å²) >= 11 is 5.46. The zero-order valence-electron chi connectivity index (χ0n) is 8.68. The van der Waals surface area contributed by atoms with E-state index in [-0.39, 0.29) is 0 Å². The quantitative estimate of drug-likeness (QED) is 0.829. The van der Waals surface area contributed by atoms with Gasteiger partial charge in [0.25, 0.3) is 0 Å². The average molecular weight is 234 g/mol. The van der Waals surface area contributed by atoms with E-state index in [0.29, 0.717) is 6.54 Å². The molecule has 2 N–H and O–H groups in total. The van der Waals surface area contributed by atoms with Gasteiger partial charge >= 0.3 is 0 Å². The molecule has 0 saturated heterocycles. The van der Waals surface area contributed by atoms with Gasteiger partial charge in [-0.1, -0.05) is 29.8 Å². The van der Waals surface area contributed by atoms with Gasteiger partial charge in [-0.2, -0.15) is 5.10 Å². The summed E-state index contributed by atoms with van der Waals surface area (Å²) in [5, 5.41) is 4.23. The van der Waals surface area contributed by atoms with Crippen molar-refractivity contribution in [2.24, 2.45) is 0 Å². The van der Waals surface area contributed by atoms with Crippen LogP contribution in [0.25, 0.3) is 11.1 Å². The van der Waals surface area contributed by atoms with Crippen molar-refractivity contribution in [3.05, 3.63) is 48.3 Å². The Morgan fingerprint density at radius 1 is 1.25 bits per heavy atom. The number of hydrogen-bond donors (Lipinski definition) is 1. The van der Waals surface area contributed by atoms with Gasteiger partial charge in [-0.15, -0.1) is 0 Å². The number of nitrogen functional groups attached to an aromatic ring is 1. The molecule has 0 fully saturated rings. The minimum absolute atomic E-state index is 0.679. The molecule has 0 aliphatic heterocycles. The topological polar surface area (TPSA) is 43.8 Å². The van der Waals surface area contributed by atoms with Crippen LogP contribution in [0.15, 0.2) is 48.3 Å². The van der Waals surface area contributed by atoms with Crippen molar-refractivity contribution in [3.63, 3.8) is 0 Å². The Labute approximate surface area is 99.1 Å². The van der Waals surface area contributed by atoms with Gasteiger partial charge in [-0.05, 0) is 17.7 Å². The lowest BCUT2D eigenvalue weighted by Gasteiger charge is -1.97. The normalized spacial score (nSPS) is 11.1. The van der Waals surface area contributed by atoms with Crippen LogP contribution in [0.5, 0.6) is 0 Å². The van der Waals surface area contributed by atoms with Crippen LogP contribution in [-0.4, -0.2) is 9.78 Å². The van der Waals surface area contributed by atoms with Crippen LogP contribution in [0.2, 0.25) is 0 Å². The number of halogens is 1. The van der Waals surface area contributed by atoms with E-state index in [9.17, 15) is 0 Å². The number of hydrogen-bond acceptors (Lipinski definition) is 2. The number of aromatic nitrogens is 2. The highest BCUT2D eigenvalue weighted by molar-refractivity contribution is 6.25. The largest absolute Gasteiger partial charge is 0.399 e. The lowest BCUT2D eigenvalue weighted by Crippen LogP contribution is -1.93. The van der Waals surface area contributed by atoms with Gasteiger partial charge in [-0.3, -0.25) is 4.68 Å². The molecular weight excluding hydrogens is 222 g/mol. The predicted octanol–water partition coefficient (Wildman–Crippen LogP) is 2.88. The third kappa shape index (κ3) is 2.44. The second kappa shape index (κ2) is 4.86. The third-order valence-corrected chi connectivity index (χ3v) is 2.44. The van der Waals surface area contributed by atoms with E-state index in [1.54, 1.807) is 0 Å². The van der Waals surface area contributed by atoms with Gasteiger partial charge in [0.15, 0.2) is 0 Å². The zero-order chi connectivity index (χ0) is 11.4. The molecule has 0 amide bonds. The van der Waals surface area contributed by atoms with Crippen molar-refractivity contribution in [2.75, 3.05) is 5.73 Å². The molecule has 1 heterocycles. The molecule has 4 heteroatoms. The van der Waals surface area contributed by atoms with Crippen molar-refractivity contribution in [1.29, 1.82) is 0 Å². The molecule has 0 radical (unpaired) electrons. The minimum Gasteiger partial charge on any atom is -0.399 e. The van der Waals surface area contributed by atoms with Crippen LogP contribution >= 0.6 is 11.6 Å². The second-order valence-corrected chi connectivity index (χ2v) is 3.69. The van der Waals surface area contributed by atoms with E-state index in [4.69, 9.17) is 17.3 Å². The van der Waals surface area contributed by atoms with E-state index >= 15 is 0 Å². The first kappa shape index (κ1) is 10.8. The molecule has 0 aliphatic carbocycles. The van der Waals surface area contributed by atoms with Gasteiger partial charge in [0.1, 0.15) is 0 Å². The Kier molecular flexibility index (Phi) is 3.27. The summed E-state index contributed by atoms with van der Waals surface area (Å²) in [6.07, 6.45) is 5.64. The Morgan fingerprint density at radius 2 is 2.00 bits per heavy atom. The van der Waals surface area contributed by atoms with E-state index in [0.717, 1.165) is 16.8 Å². The van der Waals surface area contributed by atoms with Crippen LogP contribution in [0, 0.1) is 0 Å².